The summed E-state index contributed by atoms with van der Waals surface area (Å²) in [6, 6.07) is 9.65. The molecule has 0 unspecified atom stereocenters. The van der Waals surface area contributed by atoms with Crippen LogP contribution in [-0.2, 0) is 4.79 Å². The first kappa shape index (κ1) is 17.0. The zero-order valence-electron chi connectivity index (χ0n) is 13.1. The van der Waals surface area contributed by atoms with Crippen LogP contribution in [-0.4, -0.2) is 35.6 Å². The lowest BCUT2D eigenvalue weighted by molar-refractivity contribution is -0.389. The van der Waals surface area contributed by atoms with E-state index < -0.39 is 4.92 Å². The molecule has 0 radical (unpaired) electrons. The molecule has 3 rings (SSSR count). The fraction of sp³-hybridized carbons (Fsp3) is 0.250. The van der Waals surface area contributed by atoms with Crippen molar-refractivity contribution in [3.8, 4) is 11.5 Å². The molecule has 0 saturated heterocycles. The number of anilines is 1. The predicted molar refractivity (Wildman–Crippen MR) is 90.3 cm³/mol. The van der Waals surface area contributed by atoms with Crippen molar-refractivity contribution >= 4 is 29.1 Å². The largest absolute Gasteiger partial charge is 0.494 e. The summed E-state index contributed by atoms with van der Waals surface area (Å²) < 4.78 is 10.8. The van der Waals surface area contributed by atoms with Crippen molar-refractivity contribution in [2.45, 2.75) is 6.42 Å². The molecule has 1 amide bonds. The zero-order chi connectivity index (χ0) is 17.8. The molecule has 25 heavy (non-hydrogen) atoms. The normalized spacial score (nSPS) is 13.2. The maximum Gasteiger partial charge on any atom is 0.366 e. The molecule has 0 N–H and O–H groups in total. The predicted octanol–water partition coefficient (Wildman–Crippen LogP) is 2.84. The lowest BCUT2D eigenvalue weighted by atomic mass is 10.3. The van der Waals surface area contributed by atoms with Crippen molar-refractivity contribution in [3.63, 3.8) is 0 Å². The maximum absolute atomic E-state index is 12.1. The highest BCUT2D eigenvalue weighted by Crippen LogP contribution is 2.32. The monoisotopic (exact) mass is 363 g/mol. The minimum atomic E-state index is -0.610. The van der Waals surface area contributed by atoms with E-state index in [2.05, 4.69) is 4.98 Å². The molecule has 0 bridgehead atoms. The molecule has 2 aromatic rings. The molecule has 0 saturated carbocycles. The number of amides is 1. The first-order valence-corrected chi connectivity index (χ1v) is 7.89. The van der Waals surface area contributed by atoms with E-state index in [1.54, 1.807) is 24.3 Å². The van der Waals surface area contributed by atoms with E-state index >= 15 is 0 Å². The number of aromatic nitrogens is 1. The number of carbonyl (C=O) groups is 1. The summed E-state index contributed by atoms with van der Waals surface area (Å²) in [5.41, 5.74) is 0. The Hall–Kier alpha value is -2.87. The summed E-state index contributed by atoms with van der Waals surface area (Å²) >= 11 is 5.81. The summed E-state index contributed by atoms with van der Waals surface area (Å²) in [6.07, 6.45) is 0.526. The number of halogens is 1. The first-order valence-electron chi connectivity index (χ1n) is 7.51. The van der Waals surface area contributed by atoms with Crippen molar-refractivity contribution in [2.24, 2.45) is 0 Å². The second-order valence-corrected chi connectivity index (χ2v) is 5.67. The molecule has 0 aliphatic carbocycles. The quantitative estimate of drug-likeness (QED) is 0.445. The fourth-order valence-corrected chi connectivity index (χ4v) is 2.47. The highest BCUT2D eigenvalue weighted by Gasteiger charge is 2.31. The summed E-state index contributed by atoms with van der Waals surface area (Å²) in [6.45, 7) is 0.567. The van der Waals surface area contributed by atoms with Gasteiger partial charge in [-0.15, -0.1) is 0 Å². The van der Waals surface area contributed by atoms with Crippen molar-refractivity contribution < 1.29 is 19.2 Å². The van der Waals surface area contributed by atoms with Gasteiger partial charge in [-0.25, -0.2) is 0 Å². The van der Waals surface area contributed by atoms with Crippen molar-refractivity contribution in [3.05, 3.63) is 51.5 Å². The molecule has 2 heterocycles. The molecule has 0 fully saturated rings. The van der Waals surface area contributed by atoms with E-state index in [4.69, 9.17) is 21.1 Å². The van der Waals surface area contributed by atoms with Gasteiger partial charge in [0, 0.05) is 17.6 Å². The van der Waals surface area contributed by atoms with Gasteiger partial charge < -0.3 is 19.6 Å². The molecule has 1 aliphatic rings. The lowest BCUT2D eigenvalue weighted by Crippen LogP contribution is -2.40. The topological polar surface area (TPSA) is 94.8 Å². The Bertz CT molecular complexity index is 797. The third-order valence-corrected chi connectivity index (χ3v) is 3.78. The Morgan fingerprint density at radius 2 is 2.04 bits per heavy atom. The van der Waals surface area contributed by atoms with Gasteiger partial charge in [0.25, 0.3) is 11.7 Å². The number of ether oxygens (including phenoxy) is 2. The number of rotatable bonds is 6. The minimum absolute atomic E-state index is 0.121. The van der Waals surface area contributed by atoms with Crippen LogP contribution >= 0.6 is 11.6 Å². The molecule has 9 heteroatoms. The number of nitro groups is 1. The maximum atomic E-state index is 12.1. The summed E-state index contributed by atoms with van der Waals surface area (Å²) in [7, 11) is 0. The first-order chi connectivity index (χ1) is 12.0. The summed E-state index contributed by atoms with van der Waals surface area (Å²) in [4.78, 5) is 27.7. The van der Waals surface area contributed by atoms with Crippen LogP contribution in [0.15, 0.2) is 36.4 Å². The molecule has 1 aromatic carbocycles. The second-order valence-electron chi connectivity index (χ2n) is 5.24. The van der Waals surface area contributed by atoms with Gasteiger partial charge in [0.1, 0.15) is 5.75 Å². The van der Waals surface area contributed by atoms with E-state index in [1.807, 2.05) is 0 Å². The molecule has 8 nitrogen and oxygen atoms in total. The van der Waals surface area contributed by atoms with Crippen LogP contribution < -0.4 is 14.4 Å². The van der Waals surface area contributed by atoms with Gasteiger partial charge in [0.15, 0.2) is 12.4 Å². The molecule has 1 aliphatic heterocycles. The van der Waals surface area contributed by atoms with E-state index in [0.717, 1.165) is 0 Å². The summed E-state index contributed by atoms with van der Waals surface area (Å²) in [5.74, 6) is 0.555. The highest BCUT2D eigenvalue weighted by molar-refractivity contribution is 6.30. The molecule has 0 atom stereocenters. The lowest BCUT2D eigenvalue weighted by Gasteiger charge is -2.25. The highest BCUT2D eigenvalue weighted by atomic mass is 35.5. The zero-order valence-corrected chi connectivity index (χ0v) is 13.8. The SMILES string of the molecule is O=C1COc2ccc([N+](=O)[O-])nc2N1CCCOc1ccc(Cl)cc1. The average molecular weight is 364 g/mol. The van der Waals surface area contributed by atoms with Crippen molar-refractivity contribution in [2.75, 3.05) is 24.7 Å². The number of carbonyl (C=O) groups excluding carboxylic acids is 1. The van der Waals surface area contributed by atoms with Crippen LogP contribution in [0.3, 0.4) is 0 Å². The third kappa shape index (κ3) is 3.97. The van der Waals surface area contributed by atoms with Gasteiger partial charge in [-0.1, -0.05) is 11.6 Å². The van der Waals surface area contributed by atoms with Crippen LogP contribution in [0.5, 0.6) is 11.5 Å². The van der Waals surface area contributed by atoms with E-state index in [9.17, 15) is 14.9 Å². The number of pyridine rings is 1. The van der Waals surface area contributed by atoms with E-state index in [0.29, 0.717) is 36.1 Å². The fourth-order valence-electron chi connectivity index (χ4n) is 2.34. The summed E-state index contributed by atoms with van der Waals surface area (Å²) in [5, 5.41) is 11.5. The molecular weight excluding hydrogens is 350 g/mol. The van der Waals surface area contributed by atoms with Gasteiger partial charge >= 0.3 is 5.82 Å². The van der Waals surface area contributed by atoms with E-state index in [1.165, 1.54) is 17.0 Å². The molecular formula is C16H14ClN3O5. The average Bonchev–Trinajstić information content (AvgIpc) is 2.61. The van der Waals surface area contributed by atoms with Gasteiger partial charge in [-0.3, -0.25) is 9.69 Å². The Labute approximate surface area is 148 Å². The molecule has 130 valence electrons. The van der Waals surface area contributed by atoms with Crippen LogP contribution in [0.1, 0.15) is 6.42 Å². The van der Waals surface area contributed by atoms with Crippen LogP contribution in [0.2, 0.25) is 5.02 Å². The number of fused-ring (bicyclic) bond motifs is 1. The van der Waals surface area contributed by atoms with Gasteiger partial charge in [-0.2, -0.15) is 0 Å². The third-order valence-electron chi connectivity index (χ3n) is 3.53. The van der Waals surface area contributed by atoms with Crippen LogP contribution in [0.25, 0.3) is 0 Å². The Morgan fingerprint density at radius 3 is 2.76 bits per heavy atom. The smallest absolute Gasteiger partial charge is 0.366 e. The van der Waals surface area contributed by atoms with E-state index in [-0.39, 0.29) is 24.1 Å². The van der Waals surface area contributed by atoms with Crippen molar-refractivity contribution in [1.82, 2.24) is 4.98 Å². The number of hydrogen-bond acceptors (Lipinski definition) is 6. The van der Waals surface area contributed by atoms with Crippen molar-refractivity contribution in [1.29, 1.82) is 0 Å². The molecule has 0 spiro atoms. The number of nitrogens with zero attached hydrogens (tertiary/aromatic N) is 3. The second kappa shape index (κ2) is 7.35. The van der Waals surface area contributed by atoms with Gasteiger partial charge in [0.2, 0.25) is 0 Å². The van der Waals surface area contributed by atoms with Crippen LogP contribution in [0.4, 0.5) is 11.6 Å². The van der Waals surface area contributed by atoms with Crippen LogP contribution in [0, 0.1) is 10.1 Å². The Balaban J connectivity index is 1.64. The standard InChI is InChI=1S/C16H14ClN3O5/c17-11-2-4-12(5-3-11)24-9-1-8-19-15(21)10-25-13-6-7-14(20(22)23)18-16(13)19/h2-7H,1,8-10H2. The van der Waals surface area contributed by atoms with Gasteiger partial charge in [0.05, 0.1) is 6.61 Å². The minimum Gasteiger partial charge on any atom is -0.494 e. The number of benzene rings is 1. The van der Waals surface area contributed by atoms with Gasteiger partial charge in [-0.05, 0) is 46.7 Å². The molecule has 1 aromatic heterocycles. The Morgan fingerprint density at radius 1 is 1.28 bits per heavy atom. The Kier molecular flexibility index (Phi) is 4.99. The number of hydrogen-bond donors (Lipinski definition) is 0.